The summed E-state index contributed by atoms with van der Waals surface area (Å²) in [4.78, 5) is 29.7. The first-order chi connectivity index (χ1) is 23.4. The van der Waals surface area contributed by atoms with E-state index in [-0.39, 0.29) is 32.8 Å². The van der Waals surface area contributed by atoms with Crippen LogP contribution >= 0.6 is 8.02 Å². The molecule has 14 nitrogen and oxygen atoms in total. The van der Waals surface area contributed by atoms with Crippen molar-refractivity contribution in [2.45, 2.75) is 90.4 Å². The van der Waals surface area contributed by atoms with Gasteiger partial charge in [0.2, 0.25) is 12.6 Å². The number of hydrogen-bond acceptors (Lipinski definition) is 11. The maximum absolute atomic E-state index is 14.0. The third kappa shape index (κ3) is 10.9. The van der Waals surface area contributed by atoms with Crippen LogP contribution in [0.3, 0.4) is 0 Å². The van der Waals surface area contributed by atoms with Crippen molar-refractivity contribution in [1.82, 2.24) is 0 Å². The van der Waals surface area contributed by atoms with E-state index >= 15 is 0 Å². The monoisotopic (exact) mass is 794 g/mol. The summed E-state index contributed by atoms with van der Waals surface area (Å²) in [5.74, 6) is -9.51. The van der Waals surface area contributed by atoms with Crippen LogP contribution in [0.2, 0.25) is 0 Å². The molecule has 2 N–H and O–H groups in total. The number of aliphatic hydroxyl groups is 2. The van der Waals surface area contributed by atoms with Crippen LogP contribution < -0.4 is 0 Å². The van der Waals surface area contributed by atoms with Crippen LogP contribution in [0, 0.1) is 41.5 Å². The van der Waals surface area contributed by atoms with Gasteiger partial charge >= 0.3 is 23.8 Å². The molecule has 0 radical (unpaired) electrons. The van der Waals surface area contributed by atoms with Gasteiger partial charge in [-0.05, 0) is 82.9 Å². The summed E-state index contributed by atoms with van der Waals surface area (Å²) in [5.41, 5.74) is 21.2. The number of carbonyl (C=O) groups is 2. The Balaban J connectivity index is 0.000000477. The third-order valence-corrected chi connectivity index (χ3v) is 7.58. The average molecular weight is 795 g/mol. The summed E-state index contributed by atoms with van der Waals surface area (Å²) in [6.07, 6.45) is -11.8. The summed E-state index contributed by atoms with van der Waals surface area (Å²) in [7, 11) is 2.56. The van der Waals surface area contributed by atoms with Crippen molar-refractivity contribution in [3.05, 3.63) is 89.7 Å². The van der Waals surface area contributed by atoms with E-state index in [1.807, 2.05) is 13.8 Å². The summed E-state index contributed by atoms with van der Waals surface area (Å²) >= 11 is 3.89. The number of carbonyl (C=O) groups excluding carboxylic acids is 2. The molecule has 21 heteroatoms. The third-order valence-electron chi connectivity index (χ3n) is 7.58. The second-order valence-corrected chi connectivity index (χ2v) is 11.4. The molecule has 2 aromatic carbocycles. The number of hydrogen-bond donors (Lipinski definition) is 2. The Kier molecular flexibility index (Phi) is 17.6. The maximum atomic E-state index is 14.0. The molecule has 2 saturated heterocycles. The van der Waals surface area contributed by atoms with Crippen LogP contribution in [-0.2, 0) is 52.5 Å². The van der Waals surface area contributed by atoms with Crippen LogP contribution in [0.15, 0.2) is 34.5 Å². The van der Waals surface area contributed by atoms with E-state index in [1.54, 1.807) is 52.0 Å². The van der Waals surface area contributed by atoms with Crippen LogP contribution in [0.1, 0.15) is 54.1 Å². The molecule has 2 heterocycles. The number of nitrogens with zero attached hydrogens (tertiary/aromatic N) is 6. The fraction of sp³-hybridized carbons (Fsp3) is 0.533. The fourth-order valence-corrected chi connectivity index (χ4v) is 5.60. The largest absolute Gasteiger partial charge is 0.449 e. The second-order valence-electron chi connectivity index (χ2n) is 11.4. The number of benzene rings is 2. The van der Waals surface area contributed by atoms with E-state index in [4.69, 9.17) is 20.5 Å². The van der Waals surface area contributed by atoms with E-state index in [0.29, 0.717) is 22.3 Å². The van der Waals surface area contributed by atoms with E-state index in [1.165, 1.54) is 0 Å². The van der Waals surface area contributed by atoms with Gasteiger partial charge in [-0.25, -0.2) is 9.59 Å². The molecule has 6 atom stereocenters. The smallest absolute Gasteiger partial charge is 0.339 e. The zero-order valence-corrected chi connectivity index (χ0v) is 31.5. The van der Waals surface area contributed by atoms with Gasteiger partial charge in [0.05, 0.1) is 24.2 Å². The normalized spacial score (nSPS) is 23.8. The Morgan fingerprint density at radius 1 is 0.745 bits per heavy atom. The van der Waals surface area contributed by atoms with Crippen LogP contribution in [0.25, 0.3) is 20.9 Å². The number of alkyl halides is 4. The number of aliphatic hydroxyl groups excluding tert-OH is 2. The van der Waals surface area contributed by atoms with Crippen LogP contribution in [0.5, 0.6) is 0 Å². The molecule has 276 valence electrons. The molecule has 4 rings (SSSR count). The first-order valence-corrected chi connectivity index (χ1v) is 16.2. The Morgan fingerprint density at radius 3 is 1.27 bits per heavy atom. The molecule has 0 bridgehead atoms. The maximum Gasteiger partial charge on any atom is 0.339 e. The van der Waals surface area contributed by atoms with Crippen molar-refractivity contribution < 1.29 is 78.0 Å². The van der Waals surface area contributed by atoms with E-state index < -0.39 is 73.9 Å². The van der Waals surface area contributed by atoms with Crippen LogP contribution in [0.4, 0.5) is 17.6 Å². The zero-order chi connectivity index (χ0) is 38.1. The Hall–Kier alpha value is -3.21. The molecule has 2 aliphatic rings. The van der Waals surface area contributed by atoms with E-state index in [0.717, 1.165) is 11.1 Å². The number of halogens is 4. The van der Waals surface area contributed by atoms with Gasteiger partial charge in [-0.15, -0.1) is 0 Å². The van der Waals surface area contributed by atoms with Crippen molar-refractivity contribution in [3.63, 3.8) is 0 Å². The zero-order valence-electron chi connectivity index (χ0n) is 28.1. The van der Waals surface area contributed by atoms with Gasteiger partial charge in [0.25, 0.3) is 0 Å². The SMILES string of the molecule is Cc1cc(C)c(C(=O)O[C@@H]2[C@@H](CN=[N+]=[N-])OC(O)C2(F)F)c(C)c1.Cc1cc(C)c(C(=O)O[C@@H]2[C@@H](CN=[N+]=[N-])OC(O)C2(F)F)c(C)c1.P=S.[Ti]. The standard InChI is InChI=1S/2C15H17F2N3O4.HPS.Ti/c2*1-7-4-8(2)11(9(3)5-7)13(21)24-12-10(6-19-20-18)23-14(22)15(12,16)17;1-2;/h2*4-5,10,12,14,22H,6H2,1-3H3;1H;/t2*10-,12-,14?;;/m11../s1. The summed E-state index contributed by atoms with van der Waals surface area (Å²) in [6, 6.07) is 6.94. The second kappa shape index (κ2) is 19.6. The average Bonchev–Trinajstić information content (AvgIpc) is 3.36. The van der Waals surface area contributed by atoms with Gasteiger partial charge in [0, 0.05) is 31.5 Å². The summed E-state index contributed by atoms with van der Waals surface area (Å²) < 4.78 is 75.4. The number of azide groups is 2. The predicted molar refractivity (Wildman–Crippen MR) is 175 cm³/mol. The Bertz CT molecular complexity index is 1520. The quantitative estimate of drug-likeness (QED) is 0.0593. The molecule has 2 aliphatic heterocycles. The van der Waals surface area contributed by atoms with E-state index in [9.17, 15) is 37.4 Å². The topological polar surface area (TPSA) is 209 Å². The molecular weight excluding hydrogens is 759 g/mol. The molecule has 0 spiro atoms. The molecule has 2 unspecified atom stereocenters. The van der Waals surface area contributed by atoms with Gasteiger partial charge < -0.3 is 29.2 Å². The molecule has 2 aromatic rings. The minimum absolute atomic E-state index is 0. The Morgan fingerprint density at radius 2 is 1.02 bits per heavy atom. The van der Waals surface area contributed by atoms with Crippen molar-refractivity contribution in [1.29, 1.82) is 0 Å². The van der Waals surface area contributed by atoms with Crippen molar-refractivity contribution in [2.24, 2.45) is 10.2 Å². The van der Waals surface area contributed by atoms with Crippen molar-refractivity contribution in [3.8, 4) is 0 Å². The van der Waals surface area contributed by atoms with Crippen LogP contribution in [-0.4, -0.2) is 84.1 Å². The molecule has 0 saturated carbocycles. The first kappa shape index (κ1) is 45.8. The number of aryl methyl sites for hydroxylation is 6. The minimum atomic E-state index is -3.81. The van der Waals surface area contributed by atoms with Gasteiger partial charge in [-0.3, -0.25) is 0 Å². The minimum Gasteiger partial charge on any atom is -0.449 e. The Labute approximate surface area is 312 Å². The first-order valence-electron chi connectivity index (χ1n) is 14.6. The predicted octanol–water partition coefficient (Wildman–Crippen LogP) is 6.19. The van der Waals surface area contributed by atoms with Gasteiger partial charge in [0.15, 0.2) is 12.2 Å². The fourth-order valence-electron chi connectivity index (χ4n) is 5.60. The van der Waals surface area contributed by atoms with Gasteiger partial charge in [-0.2, -0.15) is 17.6 Å². The van der Waals surface area contributed by atoms with Crippen molar-refractivity contribution in [2.75, 3.05) is 13.1 Å². The molecule has 51 heavy (non-hydrogen) atoms. The molecule has 0 amide bonds. The molecule has 0 aliphatic carbocycles. The summed E-state index contributed by atoms with van der Waals surface area (Å²) in [5, 5.41) is 25.0. The number of rotatable bonds is 8. The summed E-state index contributed by atoms with van der Waals surface area (Å²) in [6.45, 7) is 9.40. The number of esters is 2. The van der Waals surface area contributed by atoms with E-state index in [2.05, 4.69) is 49.3 Å². The molecular formula is C30H35F4N6O8PSTi. The molecule has 0 aromatic heterocycles. The van der Waals surface area contributed by atoms with Crippen molar-refractivity contribution >= 4 is 31.8 Å². The number of ether oxygens (including phenoxy) is 4. The molecule has 2 fully saturated rings. The van der Waals surface area contributed by atoms with Gasteiger partial charge in [0.1, 0.15) is 12.2 Å². The van der Waals surface area contributed by atoms with Gasteiger partial charge in [-0.1, -0.05) is 57.4 Å².